The average molecular weight is 282 g/mol. The molecule has 8 nitrogen and oxygen atoms in total. The third kappa shape index (κ3) is 3.34. The number of nitro groups is 1. The Morgan fingerprint density at radius 2 is 2.40 bits per heavy atom. The Hall–Kier alpha value is -1.93. The summed E-state index contributed by atoms with van der Waals surface area (Å²) < 4.78 is 0. The van der Waals surface area contributed by atoms with Gasteiger partial charge in [-0.2, -0.15) is 0 Å². The van der Waals surface area contributed by atoms with E-state index in [1.807, 2.05) is 0 Å². The summed E-state index contributed by atoms with van der Waals surface area (Å²) in [6, 6.07) is 1.44. The molecule has 1 unspecified atom stereocenters. The number of aromatic nitrogens is 1. The molecule has 0 spiro atoms. The van der Waals surface area contributed by atoms with E-state index in [1.165, 1.54) is 17.2 Å². The van der Waals surface area contributed by atoms with Crippen LogP contribution in [0.2, 0.25) is 0 Å². The number of aliphatic hydroxyl groups excluding tert-OH is 1. The fraction of sp³-hybridized carbons (Fsp3) is 0.583. The maximum atomic E-state index is 12.3. The number of nitrogens with one attached hydrogen (secondary N) is 2. The van der Waals surface area contributed by atoms with E-state index < -0.39 is 4.92 Å². The predicted octanol–water partition coefficient (Wildman–Crippen LogP) is 0.109. The van der Waals surface area contributed by atoms with Crippen LogP contribution in [-0.2, 0) is 0 Å². The lowest BCUT2D eigenvalue weighted by molar-refractivity contribution is -0.384. The molecule has 3 N–H and O–H groups in total. The molecule has 1 aromatic heterocycles. The molecule has 1 fully saturated rings. The van der Waals surface area contributed by atoms with E-state index in [1.54, 1.807) is 0 Å². The summed E-state index contributed by atoms with van der Waals surface area (Å²) in [5.41, 5.74) is 0.0273. The molecule has 1 saturated heterocycles. The van der Waals surface area contributed by atoms with E-state index in [0.717, 1.165) is 19.4 Å². The van der Waals surface area contributed by atoms with Gasteiger partial charge in [0.1, 0.15) is 5.69 Å². The Kier molecular flexibility index (Phi) is 4.70. The van der Waals surface area contributed by atoms with Crippen LogP contribution in [0.15, 0.2) is 12.3 Å². The molecule has 1 amide bonds. The highest BCUT2D eigenvalue weighted by atomic mass is 16.6. The standard InChI is InChI=1S/C12H18N4O4/c17-5-4-15(8-9-2-1-3-13-9)12(18)11-6-10(7-14-11)16(19)20/h6-7,9,13-14,17H,1-5,8H2. The molecule has 1 atom stereocenters. The fourth-order valence-electron chi connectivity index (χ4n) is 2.36. The van der Waals surface area contributed by atoms with Crippen molar-refractivity contribution < 1.29 is 14.8 Å². The molecule has 8 heteroatoms. The summed E-state index contributed by atoms with van der Waals surface area (Å²) in [6.07, 6.45) is 3.25. The topological polar surface area (TPSA) is 112 Å². The van der Waals surface area contributed by atoms with Crippen molar-refractivity contribution in [2.75, 3.05) is 26.2 Å². The largest absolute Gasteiger partial charge is 0.395 e. The Morgan fingerprint density at radius 3 is 2.95 bits per heavy atom. The van der Waals surface area contributed by atoms with Gasteiger partial charge in [-0.25, -0.2) is 0 Å². The molecule has 0 saturated carbocycles. The number of aromatic amines is 1. The molecule has 0 bridgehead atoms. The van der Waals surface area contributed by atoms with Crippen LogP contribution in [0.1, 0.15) is 23.3 Å². The van der Waals surface area contributed by atoms with Gasteiger partial charge in [-0.15, -0.1) is 0 Å². The number of carbonyl (C=O) groups is 1. The number of hydrogen-bond acceptors (Lipinski definition) is 5. The lowest BCUT2D eigenvalue weighted by atomic mass is 10.2. The van der Waals surface area contributed by atoms with Crippen molar-refractivity contribution in [1.29, 1.82) is 0 Å². The zero-order valence-electron chi connectivity index (χ0n) is 11.0. The van der Waals surface area contributed by atoms with Crippen LogP contribution in [0, 0.1) is 10.1 Å². The zero-order valence-corrected chi connectivity index (χ0v) is 11.0. The highest BCUT2D eigenvalue weighted by molar-refractivity contribution is 5.93. The molecule has 110 valence electrons. The van der Waals surface area contributed by atoms with Gasteiger partial charge in [-0.05, 0) is 19.4 Å². The smallest absolute Gasteiger partial charge is 0.287 e. The third-order valence-electron chi connectivity index (χ3n) is 3.37. The maximum absolute atomic E-state index is 12.3. The number of aliphatic hydroxyl groups is 1. The van der Waals surface area contributed by atoms with E-state index in [2.05, 4.69) is 10.3 Å². The number of amides is 1. The predicted molar refractivity (Wildman–Crippen MR) is 71.5 cm³/mol. The van der Waals surface area contributed by atoms with E-state index in [-0.39, 0.29) is 36.5 Å². The van der Waals surface area contributed by atoms with Gasteiger partial charge in [0.05, 0.1) is 17.7 Å². The zero-order chi connectivity index (χ0) is 14.5. The van der Waals surface area contributed by atoms with Crippen molar-refractivity contribution >= 4 is 11.6 Å². The van der Waals surface area contributed by atoms with Crippen LogP contribution in [0.25, 0.3) is 0 Å². The summed E-state index contributed by atoms with van der Waals surface area (Å²) in [6.45, 7) is 1.50. The highest BCUT2D eigenvalue weighted by Crippen LogP contribution is 2.15. The normalized spacial score (nSPS) is 18.1. The van der Waals surface area contributed by atoms with Crippen LogP contribution in [0.3, 0.4) is 0 Å². The fourth-order valence-corrected chi connectivity index (χ4v) is 2.36. The number of rotatable bonds is 6. The Balaban J connectivity index is 2.06. The number of H-pyrrole nitrogens is 1. The first kappa shape index (κ1) is 14.5. The van der Waals surface area contributed by atoms with Crippen molar-refractivity contribution in [2.24, 2.45) is 0 Å². The van der Waals surface area contributed by atoms with Gasteiger partial charge in [0.25, 0.3) is 11.6 Å². The second-order valence-corrected chi connectivity index (χ2v) is 4.80. The summed E-state index contributed by atoms with van der Waals surface area (Å²) in [5, 5.41) is 23.0. The van der Waals surface area contributed by atoms with Gasteiger partial charge in [0, 0.05) is 25.2 Å². The highest BCUT2D eigenvalue weighted by Gasteiger charge is 2.24. The Labute approximate surface area is 115 Å². The van der Waals surface area contributed by atoms with Gasteiger partial charge >= 0.3 is 0 Å². The molecule has 0 aromatic carbocycles. The summed E-state index contributed by atoms with van der Waals surface area (Å²) in [4.78, 5) is 26.5. The van der Waals surface area contributed by atoms with Crippen molar-refractivity contribution in [3.8, 4) is 0 Å². The van der Waals surface area contributed by atoms with Crippen LogP contribution in [-0.4, -0.2) is 58.1 Å². The number of nitrogens with zero attached hydrogens (tertiary/aromatic N) is 2. The van der Waals surface area contributed by atoms with E-state index in [0.29, 0.717) is 6.54 Å². The lowest BCUT2D eigenvalue weighted by Gasteiger charge is -2.24. The van der Waals surface area contributed by atoms with Crippen molar-refractivity contribution in [2.45, 2.75) is 18.9 Å². The maximum Gasteiger partial charge on any atom is 0.287 e. The monoisotopic (exact) mass is 282 g/mol. The van der Waals surface area contributed by atoms with Gasteiger partial charge in [-0.1, -0.05) is 0 Å². The Morgan fingerprint density at radius 1 is 1.60 bits per heavy atom. The van der Waals surface area contributed by atoms with E-state index in [4.69, 9.17) is 5.11 Å². The van der Waals surface area contributed by atoms with Gasteiger partial charge < -0.3 is 20.3 Å². The molecular weight excluding hydrogens is 264 g/mol. The second kappa shape index (κ2) is 6.49. The molecule has 20 heavy (non-hydrogen) atoms. The molecule has 2 rings (SSSR count). The molecule has 0 aliphatic carbocycles. The first-order chi connectivity index (χ1) is 9.61. The summed E-state index contributed by atoms with van der Waals surface area (Å²) in [7, 11) is 0. The van der Waals surface area contributed by atoms with Gasteiger partial charge in [0.15, 0.2) is 0 Å². The molecular formula is C12H18N4O4. The first-order valence-corrected chi connectivity index (χ1v) is 6.58. The summed E-state index contributed by atoms with van der Waals surface area (Å²) in [5.74, 6) is -0.333. The van der Waals surface area contributed by atoms with E-state index >= 15 is 0 Å². The van der Waals surface area contributed by atoms with Crippen LogP contribution < -0.4 is 5.32 Å². The third-order valence-corrected chi connectivity index (χ3v) is 3.37. The molecule has 1 aliphatic heterocycles. The lowest BCUT2D eigenvalue weighted by Crippen LogP contribution is -2.42. The Bertz CT molecular complexity index is 482. The van der Waals surface area contributed by atoms with Gasteiger partial charge in [0.2, 0.25) is 0 Å². The van der Waals surface area contributed by atoms with Crippen molar-refractivity contribution in [1.82, 2.24) is 15.2 Å². The number of carbonyl (C=O) groups excluding carboxylic acids is 1. The minimum atomic E-state index is -0.553. The second-order valence-electron chi connectivity index (χ2n) is 4.80. The SMILES string of the molecule is O=C(c1cc([N+](=O)[O-])c[nH]1)N(CCO)CC1CCCN1. The number of hydrogen-bond donors (Lipinski definition) is 3. The van der Waals surface area contributed by atoms with Crippen LogP contribution >= 0.6 is 0 Å². The molecule has 1 aliphatic rings. The molecule has 0 radical (unpaired) electrons. The van der Waals surface area contributed by atoms with E-state index in [9.17, 15) is 14.9 Å². The molecule has 1 aromatic rings. The minimum absolute atomic E-state index is 0.138. The first-order valence-electron chi connectivity index (χ1n) is 6.58. The van der Waals surface area contributed by atoms with Crippen LogP contribution in [0.4, 0.5) is 5.69 Å². The summed E-state index contributed by atoms with van der Waals surface area (Å²) >= 11 is 0. The van der Waals surface area contributed by atoms with Crippen LogP contribution in [0.5, 0.6) is 0 Å². The van der Waals surface area contributed by atoms with Gasteiger partial charge in [-0.3, -0.25) is 14.9 Å². The van der Waals surface area contributed by atoms with Crippen molar-refractivity contribution in [3.05, 3.63) is 28.1 Å². The average Bonchev–Trinajstić information content (AvgIpc) is 3.08. The molecule has 2 heterocycles. The minimum Gasteiger partial charge on any atom is -0.395 e. The quantitative estimate of drug-likeness (QED) is 0.506. The van der Waals surface area contributed by atoms with Crippen molar-refractivity contribution in [3.63, 3.8) is 0 Å².